The van der Waals surface area contributed by atoms with Crippen LogP contribution in [0.5, 0.6) is 23.0 Å². The molecule has 5 nitrogen and oxygen atoms in total. The van der Waals surface area contributed by atoms with Crippen LogP contribution in [0, 0.1) is 5.92 Å². The molecule has 0 atom stereocenters. The third-order valence-electron chi connectivity index (χ3n) is 5.70. The molecular formula is C29H36O5. The first-order valence-electron chi connectivity index (χ1n) is 12.1. The van der Waals surface area contributed by atoms with E-state index in [-0.39, 0.29) is 5.78 Å². The largest absolute Gasteiger partial charge is 0.493 e. The first-order valence-corrected chi connectivity index (χ1v) is 12.1. The van der Waals surface area contributed by atoms with Crippen LogP contribution < -0.4 is 18.9 Å². The number of ether oxygens (including phenoxy) is 4. The van der Waals surface area contributed by atoms with E-state index in [1.165, 1.54) is 0 Å². The number of allylic oxidation sites excluding steroid dienone is 2. The van der Waals surface area contributed by atoms with Crippen molar-refractivity contribution < 1.29 is 23.7 Å². The smallest absolute Gasteiger partial charge is 0.185 e. The molecular weight excluding hydrogens is 428 g/mol. The Morgan fingerprint density at radius 2 is 1.21 bits per heavy atom. The van der Waals surface area contributed by atoms with Crippen molar-refractivity contribution in [1.29, 1.82) is 0 Å². The van der Waals surface area contributed by atoms with Crippen LogP contribution in [0.3, 0.4) is 0 Å². The molecule has 0 radical (unpaired) electrons. The summed E-state index contributed by atoms with van der Waals surface area (Å²) in [5, 5.41) is 0. The van der Waals surface area contributed by atoms with Gasteiger partial charge in [0, 0.05) is 11.1 Å². The first kappa shape index (κ1) is 25.4. The van der Waals surface area contributed by atoms with Crippen molar-refractivity contribution >= 4 is 17.9 Å². The standard InChI is InChI=1S/C29H36O5/c1-6-12-33-25-10-8-21(18-27(25)31-4)16-23-14-20(3)15-24(29(23)30)17-22-9-11-26(34-13-7-2)28(19-22)32-5/h8-11,16-20H,6-7,12-15H2,1-5H3/b23-16+,24-17+. The molecule has 0 aromatic heterocycles. The number of Topliss-reactive ketones (excluding diaryl/α,β-unsaturated/α-hetero) is 1. The third kappa shape index (κ3) is 6.43. The molecule has 0 aliphatic heterocycles. The monoisotopic (exact) mass is 464 g/mol. The minimum Gasteiger partial charge on any atom is -0.493 e. The van der Waals surface area contributed by atoms with Crippen LogP contribution in [0.4, 0.5) is 0 Å². The second kappa shape index (κ2) is 12.3. The Labute approximate surface area is 203 Å². The van der Waals surface area contributed by atoms with E-state index in [4.69, 9.17) is 18.9 Å². The lowest BCUT2D eigenvalue weighted by molar-refractivity contribution is -0.113. The van der Waals surface area contributed by atoms with Gasteiger partial charge in [0.1, 0.15) is 0 Å². The molecule has 2 aromatic rings. The van der Waals surface area contributed by atoms with E-state index in [9.17, 15) is 4.79 Å². The minimum absolute atomic E-state index is 0.0913. The van der Waals surface area contributed by atoms with E-state index >= 15 is 0 Å². The highest BCUT2D eigenvalue weighted by Crippen LogP contribution is 2.35. The van der Waals surface area contributed by atoms with E-state index in [1.54, 1.807) is 14.2 Å². The van der Waals surface area contributed by atoms with Crippen LogP contribution in [-0.4, -0.2) is 33.2 Å². The molecule has 5 heteroatoms. The Bertz CT molecular complexity index is 969. The molecule has 1 saturated carbocycles. The lowest BCUT2D eigenvalue weighted by Gasteiger charge is -2.23. The topological polar surface area (TPSA) is 54.0 Å². The zero-order valence-electron chi connectivity index (χ0n) is 21.0. The molecule has 2 aromatic carbocycles. The number of benzene rings is 2. The molecule has 1 aliphatic carbocycles. The first-order chi connectivity index (χ1) is 16.5. The van der Waals surface area contributed by atoms with Gasteiger partial charge in [-0.2, -0.15) is 0 Å². The van der Waals surface area contributed by atoms with Crippen molar-refractivity contribution in [2.24, 2.45) is 5.92 Å². The van der Waals surface area contributed by atoms with Gasteiger partial charge in [0.25, 0.3) is 0 Å². The van der Waals surface area contributed by atoms with Gasteiger partial charge in [0.2, 0.25) is 0 Å². The van der Waals surface area contributed by atoms with Crippen LogP contribution in [0.1, 0.15) is 57.6 Å². The molecule has 0 saturated heterocycles. The highest BCUT2D eigenvalue weighted by atomic mass is 16.5. The van der Waals surface area contributed by atoms with Gasteiger partial charge in [0.15, 0.2) is 28.8 Å². The second-order valence-corrected chi connectivity index (χ2v) is 8.70. The van der Waals surface area contributed by atoms with E-state index in [0.29, 0.717) is 30.6 Å². The number of hydrogen-bond acceptors (Lipinski definition) is 5. The lowest BCUT2D eigenvalue weighted by Crippen LogP contribution is -2.18. The molecule has 0 bridgehead atoms. The molecule has 0 heterocycles. The van der Waals surface area contributed by atoms with Crippen molar-refractivity contribution in [2.45, 2.75) is 46.5 Å². The van der Waals surface area contributed by atoms with Gasteiger partial charge in [-0.05, 0) is 79.1 Å². The highest BCUT2D eigenvalue weighted by molar-refractivity contribution is 6.14. The number of hydrogen-bond donors (Lipinski definition) is 0. The molecule has 34 heavy (non-hydrogen) atoms. The van der Waals surface area contributed by atoms with Gasteiger partial charge in [-0.1, -0.05) is 32.9 Å². The summed E-state index contributed by atoms with van der Waals surface area (Å²) in [6, 6.07) is 11.6. The quantitative estimate of drug-likeness (QED) is 0.364. The predicted molar refractivity (Wildman–Crippen MR) is 137 cm³/mol. The fourth-order valence-corrected chi connectivity index (χ4v) is 4.08. The van der Waals surface area contributed by atoms with Crippen molar-refractivity contribution in [1.82, 2.24) is 0 Å². The molecule has 0 amide bonds. The molecule has 1 fully saturated rings. The zero-order chi connectivity index (χ0) is 24.5. The number of ketones is 1. The van der Waals surface area contributed by atoms with Gasteiger partial charge in [-0.25, -0.2) is 0 Å². The fraction of sp³-hybridized carbons (Fsp3) is 0.414. The lowest BCUT2D eigenvalue weighted by atomic mass is 9.81. The van der Waals surface area contributed by atoms with E-state index in [1.807, 2.05) is 48.6 Å². The zero-order valence-corrected chi connectivity index (χ0v) is 21.0. The van der Waals surface area contributed by atoms with E-state index in [2.05, 4.69) is 20.8 Å². The van der Waals surface area contributed by atoms with Gasteiger partial charge in [-0.15, -0.1) is 0 Å². The fourth-order valence-electron chi connectivity index (χ4n) is 4.08. The van der Waals surface area contributed by atoms with Crippen LogP contribution in [-0.2, 0) is 4.79 Å². The Balaban J connectivity index is 1.87. The second-order valence-electron chi connectivity index (χ2n) is 8.70. The van der Waals surface area contributed by atoms with Gasteiger partial charge in [-0.3, -0.25) is 4.79 Å². The van der Waals surface area contributed by atoms with Crippen LogP contribution in [0.25, 0.3) is 12.2 Å². The number of methoxy groups -OCH3 is 2. The van der Waals surface area contributed by atoms with E-state index < -0.39 is 0 Å². The van der Waals surface area contributed by atoms with Crippen LogP contribution >= 0.6 is 0 Å². The summed E-state index contributed by atoms with van der Waals surface area (Å²) >= 11 is 0. The molecule has 182 valence electrons. The van der Waals surface area contributed by atoms with Crippen molar-refractivity contribution in [3.8, 4) is 23.0 Å². The maximum absolute atomic E-state index is 13.4. The Morgan fingerprint density at radius 3 is 1.59 bits per heavy atom. The molecule has 0 spiro atoms. The van der Waals surface area contributed by atoms with E-state index in [0.717, 1.165) is 59.5 Å². The maximum atomic E-state index is 13.4. The number of rotatable bonds is 10. The van der Waals surface area contributed by atoms with Crippen molar-refractivity contribution in [3.63, 3.8) is 0 Å². The van der Waals surface area contributed by atoms with Crippen molar-refractivity contribution in [2.75, 3.05) is 27.4 Å². The molecule has 3 rings (SSSR count). The van der Waals surface area contributed by atoms with Crippen LogP contribution in [0.2, 0.25) is 0 Å². The Kier molecular flexibility index (Phi) is 9.20. The van der Waals surface area contributed by atoms with Crippen LogP contribution in [0.15, 0.2) is 47.5 Å². The average Bonchev–Trinajstić information content (AvgIpc) is 2.84. The summed E-state index contributed by atoms with van der Waals surface area (Å²) in [5.74, 6) is 3.25. The third-order valence-corrected chi connectivity index (χ3v) is 5.70. The summed E-state index contributed by atoms with van der Waals surface area (Å²) in [4.78, 5) is 13.4. The van der Waals surface area contributed by atoms with Crippen molar-refractivity contribution in [3.05, 3.63) is 58.7 Å². The summed E-state index contributed by atoms with van der Waals surface area (Å²) in [6.07, 6.45) is 7.30. The summed E-state index contributed by atoms with van der Waals surface area (Å²) in [6.45, 7) is 7.58. The summed E-state index contributed by atoms with van der Waals surface area (Å²) < 4.78 is 22.5. The maximum Gasteiger partial charge on any atom is 0.185 e. The van der Waals surface area contributed by atoms with Gasteiger partial charge < -0.3 is 18.9 Å². The minimum atomic E-state index is 0.0913. The number of carbonyl (C=O) groups is 1. The van der Waals surface area contributed by atoms with Gasteiger partial charge >= 0.3 is 0 Å². The molecule has 0 unspecified atom stereocenters. The predicted octanol–water partition coefficient (Wildman–Crippen LogP) is 6.75. The SMILES string of the molecule is CCCOc1ccc(/C=C2\CC(C)C/C(=C\c3ccc(OCCC)c(OC)c3)C2=O)cc1OC. The molecule has 1 aliphatic rings. The Morgan fingerprint density at radius 1 is 0.765 bits per heavy atom. The summed E-state index contributed by atoms with van der Waals surface area (Å²) in [7, 11) is 3.26. The summed E-state index contributed by atoms with van der Waals surface area (Å²) in [5.41, 5.74) is 3.47. The Hall–Kier alpha value is -3.21. The molecule has 0 N–H and O–H groups in total. The highest BCUT2D eigenvalue weighted by Gasteiger charge is 2.25. The average molecular weight is 465 g/mol. The van der Waals surface area contributed by atoms with Gasteiger partial charge in [0.05, 0.1) is 27.4 Å². The number of carbonyl (C=O) groups excluding carboxylic acids is 1. The normalized spacial score (nSPS) is 18.3.